The number of hydrogen-bond acceptors (Lipinski definition) is 5. The molecule has 1 aliphatic carbocycles. The summed E-state index contributed by atoms with van der Waals surface area (Å²) >= 11 is 0. The molecule has 3 aromatic heterocycles. The van der Waals surface area contributed by atoms with Crippen molar-refractivity contribution in [3.8, 4) is 16.9 Å². The fraction of sp³-hybridized carbons (Fsp3) is 0.286. The lowest BCUT2D eigenvalue weighted by Gasteiger charge is -2.24. The van der Waals surface area contributed by atoms with E-state index < -0.39 is 0 Å². The molecule has 8 heteroatoms. The van der Waals surface area contributed by atoms with Crippen molar-refractivity contribution in [3.05, 3.63) is 78.8 Å². The average Bonchev–Trinajstić information content (AvgIpc) is 3.50. The number of benzene rings is 1. The Kier molecular flexibility index (Phi) is 6.18. The first-order valence-corrected chi connectivity index (χ1v) is 12.3. The van der Waals surface area contributed by atoms with Gasteiger partial charge in [0.25, 0.3) is 0 Å². The number of carbonyl (C=O) groups is 1. The molecule has 0 bridgehead atoms. The van der Waals surface area contributed by atoms with Crippen molar-refractivity contribution < 1.29 is 4.79 Å². The molecule has 0 saturated heterocycles. The van der Waals surface area contributed by atoms with Gasteiger partial charge in [-0.1, -0.05) is 26.0 Å². The number of fused-ring (bicyclic) bond motifs is 1. The van der Waals surface area contributed by atoms with Crippen molar-refractivity contribution in [1.29, 1.82) is 0 Å². The van der Waals surface area contributed by atoms with Gasteiger partial charge in [-0.2, -0.15) is 5.10 Å². The number of pyridine rings is 1. The molecule has 1 amide bonds. The Bertz CT molecular complexity index is 1470. The largest absolute Gasteiger partial charge is 0.381 e. The molecule has 3 heterocycles. The van der Waals surface area contributed by atoms with Crippen molar-refractivity contribution in [2.45, 2.75) is 46.1 Å². The summed E-state index contributed by atoms with van der Waals surface area (Å²) in [5.41, 5.74) is 12.3. The Labute approximate surface area is 210 Å². The molecule has 3 N–H and O–H groups in total. The molecule has 0 radical (unpaired) electrons. The quantitative estimate of drug-likeness (QED) is 0.400. The van der Waals surface area contributed by atoms with Crippen LogP contribution in [0.25, 0.3) is 33.5 Å². The molecule has 0 spiro atoms. The van der Waals surface area contributed by atoms with Crippen LogP contribution >= 0.6 is 0 Å². The molecule has 0 saturated carbocycles. The fourth-order valence-electron chi connectivity index (χ4n) is 4.63. The van der Waals surface area contributed by atoms with E-state index in [1.54, 1.807) is 6.20 Å². The van der Waals surface area contributed by atoms with Crippen LogP contribution in [0.3, 0.4) is 0 Å². The molecule has 1 unspecified atom stereocenters. The van der Waals surface area contributed by atoms with Gasteiger partial charge in [0.1, 0.15) is 0 Å². The number of hydrogen-bond donors (Lipinski definition) is 2. The van der Waals surface area contributed by atoms with Crippen molar-refractivity contribution in [2.75, 3.05) is 0 Å². The number of carbonyl (C=O) groups excluding carboxylic acids is 1. The van der Waals surface area contributed by atoms with Gasteiger partial charge in [0, 0.05) is 35.6 Å². The number of allylic oxidation sites excluding steroid dienone is 2. The monoisotopic (exact) mass is 481 g/mol. The van der Waals surface area contributed by atoms with Crippen LogP contribution in [0, 0.1) is 5.92 Å². The molecule has 0 fully saturated rings. The first kappa shape index (κ1) is 23.5. The predicted molar refractivity (Wildman–Crippen MR) is 142 cm³/mol. The van der Waals surface area contributed by atoms with Gasteiger partial charge in [-0.3, -0.25) is 9.78 Å². The maximum Gasteiger partial charge on any atom is 0.224 e. The molecular weight excluding hydrogens is 450 g/mol. The lowest BCUT2D eigenvalue weighted by molar-refractivity contribution is -0.120. The Balaban J connectivity index is 1.65. The van der Waals surface area contributed by atoms with Crippen LogP contribution < -0.4 is 11.1 Å². The van der Waals surface area contributed by atoms with Gasteiger partial charge in [0.2, 0.25) is 5.91 Å². The third kappa shape index (κ3) is 4.30. The highest BCUT2D eigenvalue weighted by molar-refractivity contribution is 5.94. The zero-order valence-corrected chi connectivity index (χ0v) is 21.0. The van der Waals surface area contributed by atoms with Crippen molar-refractivity contribution in [3.63, 3.8) is 0 Å². The van der Waals surface area contributed by atoms with E-state index in [2.05, 4.69) is 61.2 Å². The van der Waals surface area contributed by atoms with E-state index in [-0.39, 0.29) is 23.8 Å². The van der Waals surface area contributed by atoms with E-state index in [0.717, 1.165) is 44.9 Å². The van der Waals surface area contributed by atoms with Gasteiger partial charge in [0.05, 0.1) is 46.2 Å². The van der Waals surface area contributed by atoms with Crippen molar-refractivity contribution in [2.24, 2.45) is 11.7 Å². The second-order valence-corrected chi connectivity index (χ2v) is 9.74. The molecular formula is C28H31N7O. The maximum atomic E-state index is 11.9. The number of aromatic nitrogens is 5. The van der Waals surface area contributed by atoms with Gasteiger partial charge >= 0.3 is 0 Å². The van der Waals surface area contributed by atoms with Crippen LogP contribution in [0.4, 0.5) is 0 Å². The van der Waals surface area contributed by atoms with Gasteiger partial charge in [-0.25, -0.2) is 9.67 Å². The Morgan fingerprint density at radius 3 is 2.69 bits per heavy atom. The highest BCUT2D eigenvalue weighted by atomic mass is 16.1. The SMILES string of the molecule is CC(C)NC1=CC(C(N)=O)CC=C1n1nc(C(C)C)c2c(-n3cnc(-c4cccnc4)c3)cccc21. The average molecular weight is 482 g/mol. The van der Waals surface area contributed by atoms with E-state index in [9.17, 15) is 4.79 Å². The normalized spacial score (nSPS) is 15.9. The summed E-state index contributed by atoms with van der Waals surface area (Å²) in [4.78, 5) is 20.8. The van der Waals surface area contributed by atoms with Gasteiger partial charge in [-0.05, 0) is 56.5 Å². The third-order valence-corrected chi connectivity index (χ3v) is 6.32. The molecule has 8 nitrogen and oxygen atoms in total. The number of imidazole rings is 1. The molecule has 0 aliphatic heterocycles. The van der Waals surface area contributed by atoms with Gasteiger partial charge in [-0.15, -0.1) is 0 Å². The molecule has 184 valence electrons. The van der Waals surface area contributed by atoms with Crippen molar-refractivity contribution in [1.82, 2.24) is 29.6 Å². The minimum Gasteiger partial charge on any atom is -0.381 e. The molecule has 4 aromatic rings. The lowest BCUT2D eigenvalue weighted by atomic mass is 9.96. The summed E-state index contributed by atoms with van der Waals surface area (Å²) < 4.78 is 4.04. The van der Waals surface area contributed by atoms with Crippen LogP contribution in [-0.2, 0) is 4.79 Å². The zero-order chi connectivity index (χ0) is 25.4. The zero-order valence-electron chi connectivity index (χ0n) is 21.0. The highest BCUT2D eigenvalue weighted by Crippen LogP contribution is 2.35. The van der Waals surface area contributed by atoms with Crippen LogP contribution in [0.5, 0.6) is 0 Å². The topological polar surface area (TPSA) is 104 Å². The molecule has 1 aliphatic rings. The summed E-state index contributed by atoms with van der Waals surface area (Å²) in [5, 5.41) is 9.66. The maximum absolute atomic E-state index is 11.9. The van der Waals surface area contributed by atoms with Crippen LogP contribution in [-0.4, -0.2) is 36.3 Å². The Morgan fingerprint density at radius 1 is 1.17 bits per heavy atom. The standard InChI is InChI=1S/C28H31N7O/c1-17(2)27-26-24(34-15-22(31-16-34)20-7-6-12-30-14-20)8-5-9-25(26)35(33-27)23-11-10-19(28(29)36)13-21(23)32-18(3)4/h5-9,11-19,32H,10H2,1-4H3,(H2,29,36). The minimum atomic E-state index is -0.339. The third-order valence-electron chi connectivity index (χ3n) is 6.32. The van der Waals surface area contributed by atoms with E-state index in [4.69, 9.17) is 10.8 Å². The molecule has 1 aromatic carbocycles. The summed E-state index contributed by atoms with van der Waals surface area (Å²) in [7, 11) is 0. The summed E-state index contributed by atoms with van der Waals surface area (Å²) in [6, 6.07) is 10.3. The summed E-state index contributed by atoms with van der Waals surface area (Å²) in [6.45, 7) is 8.45. The number of rotatable bonds is 7. The van der Waals surface area contributed by atoms with Gasteiger partial charge in [0.15, 0.2) is 0 Å². The molecule has 5 rings (SSSR count). The number of amides is 1. The van der Waals surface area contributed by atoms with E-state index in [1.807, 2.05) is 52.2 Å². The highest BCUT2D eigenvalue weighted by Gasteiger charge is 2.25. The fourth-order valence-corrected chi connectivity index (χ4v) is 4.63. The van der Waals surface area contributed by atoms with Crippen molar-refractivity contribution >= 4 is 22.5 Å². The minimum absolute atomic E-state index is 0.185. The number of primary amides is 1. The van der Waals surface area contributed by atoms with Crippen LogP contribution in [0.15, 0.2) is 73.1 Å². The number of nitrogens with two attached hydrogens (primary N) is 1. The second kappa shape index (κ2) is 9.45. The van der Waals surface area contributed by atoms with E-state index >= 15 is 0 Å². The first-order chi connectivity index (χ1) is 17.3. The van der Waals surface area contributed by atoms with Crippen LogP contribution in [0.1, 0.15) is 45.7 Å². The number of nitrogens with one attached hydrogen (secondary N) is 1. The molecule has 36 heavy (non-hydrogen) atoms. The van der Waals surface area contributed by atoms with Crippen LogP contribution in [0.2, 0.25) is 0 Å². The second-order valence-electron chi connectivity index (χ2n) is 9.74. The number of nitrogens with zero attached hydrogens (tertiary/aromatic N) is 5. The molecule has 1 atom stereocenters. The summed E-state index contributed by atoms with van der Waals surface area (Å²) in [6.07, 6.45) is 12.0. The summed E-state index contributed by atoms with van der Waals surface area (Å²) in [5.74, 6) is -0.466. The Hall–Kier alpha value is -4.20. The van der Waals surface area contributed by atoms with E-state index in [1.165, 1.54) is 0 Å². The van der Waals surface area contributed by atoms with Gasteiger partial charge < -0.3 is 15.6 Å². The predicted octanol–water partition coefficient (Wildman–Crippen LogP) is 4.64. The lowest BCUT2D eigenvalue weighted by Crippen LogP contribution is -2.30. The van der Waals surface area contributed by atoms with E-state index in [0.29, 0.717) is 6.42 Å². The smallest absolute Gasteiger partial charge is 0.224 e. The Morgan fingerprint density at radius 2 is 2.00 bits per heavy atom. The first-order valence-electron chi connectivity index (χ1n) is 12.3.